The van der Waals surface area contributed by atoms with Crippen LogP contribution in [-0.2, 0) is 17.9 Å². The minimum atomic E-state index is -0.383. The largest absolute Gasteiger partial charge is 0.396 e. The molecule has 1 saturated heterocycles. The van der Waals surface area contributed by atoms with Gasteiger partial charge in [-0.1, -0.05) is 36.4 Å². The monoisotopic (exact) mass is 447 g/mol. The van der Waals surface area contributed by atoms with E-state index >= 15 is 0 Å². The van der Waals surface area contributed by atoms with Gasteiger partial charge in [-0.05, 0) is 49.0 Å². The van der Waals surface area contributed by atoms with Gasteiger partial charge < -0.3 is 14.6 Å². The number of rotatable bonds is 5. The summed E-state index contributed by atoms with van der Waals surface area (Å²) in [5.41, 5.74) is 4.06. The molecule has 0 unspecified atom stereocenters. The Hall–Kier alpha value is -2.70. The summed E-state index contributed by atoms with van der Waals surface area (Å²) in [6.07, 6.45) is 6.48. The summed E-state index contributed by atoms with van der Waals surface area (Å²) in [5, 5.41) is 10.4. The fourth-order valence-electron chi connectivity index (χ4n) is 6.14. The number of amides is 1. The number of hydrogen-bond donors (Lipinski definition) is 1. The maximum absolute atomic E-state index is 13.6. The molecule has 5 rings (SSSR count). The van der Waals surface area contributed by atoms with Crippen LogP contribution in [0.1, 0.15) is 48.5 Å². The molecular weight excluding hydrogens is 414 g/mol. The van der Waals surface area contributed by atoms with Crippen LogP contribution in [0.4, 0.5) is 0 Å². The van der Waals surface area contributed by atoms with E-state index < -0.39 is 0 Å². The molecule has 3 heterocycles. The molecular formula is C27H33N3O3. The van der Waals surface area contributed by atoms with E-state index in [9.17, 15) is 14.7 Å². The van der Waals surface area contributed by atoms with E-state index in [1.54, 1.807) is 19.0 Å². The Morgan fingerprint density at radius 3 is 2.58 bits per heavy atom. The van der Waals surface area contributed by atoms with Gasteiger partial charge in [0, 0.05) is 57.0 Å². The standard InChI is InChI=1S/C27H33N3O3/c1-28(2)27(33)24-21(17-31)23-16-30-22(25(24)29(23)15-18-9-5-3-6-10-18)14-13-20(26(30)32)19-11-7-4-8-12-19/h3,5-6,9-11,13-14,21,23-25,31H,4,7-8,12,15-17H2,1-2H3/t21-,23-,24+,25+/m1/s1. The first kappa shape index (κ1) is 22.1. The van der Waals surface area contributed by atoms with E-state index in [0.717, 1.165) is 36.1 Å². The molecule has 4 atom stereocenters. The van der Waals surface area contributed by atoms with Crippen molar-refractivity contribution in [1.29, 1.82) is 0 Å². The summed E-state index contributed by atoms with van der Waals surface area (Å²) >= 11 is 0. The predicted octanol–water partition coefficient (Wildman–Crippen LogP) is 3.06. The van der Waals surface area contributed by atoms with Gasteiger partial charge in [0.05, 0.1) is 12.0 Å². The molecule has 2 aromatic rings. The lowest BCUT2D eigenvalue weighted by Gasteiger charge is -2.38. The third-order valence-corrected chi connectivity index (χ3v) is 7.74. The quantitative estimate of drug-likeness (QED) is 0.765. The summed E-state index contributed by atoms with van der Waals surface area (Å²) < 4.78 is 1.90. The third-order valence-electron chi connectivity index (χ3n) is 7.74. The summed E-state index contributed by atoms with van der Waals surface area (Å²) in [7, 11) is 3.54. The number of aromatic nitrogens is 1. The number of pyridine rings is 1. The second-order valence-electron chi connectivity index (χ2n) is 9.84. The number of allylic oxidation sites excluding steroid dienone is 2. The molecule has 2 aliphatic heterocycles. The Balaban J connectivity index is 1.62. The average molecular weight is 448 g/mol. The lowest BCUT2D eigenvalue weighted by molar-refractivity contribution is -0.135. The Kier molecular flexibility index (Phi) is 5.97. The minimum absolute atomic E-state index is 0.0135. The van der Waals surface area contributed by atoms with Crippen molar-refractivity contribution >= 4 is 11.5 Å². The van der Waals surface area contributed by atoms with Gasteiger partial charge >= 0.3 is 0 Å². The third kappa shape index (κ3) is 3.75. The smallest absolute Gasteiger partial charge is 0.258 e. The van der Waals surface area contributed by atoms with Crippen LogP contribution >= 0.6 is 0 Å². The number of aliphatic hydroxyl groups excluding tert-OH is 1. The normalized spacial score (nSPS) is 26.6. The number of fused-ring (bicyclic) bond motifs is 4. The highest BCUT2D eigenvalue weighted by Crippen LogP contribution is 2.49. The Morgan fingerprint density at radius 2 is 1.91 bits per heavy atom. The summed E-state index contributed by atoms with van der Waals surface area (Å²) in [5.74, 6) is -0.587. The van der Waals surface area contributed by atoms with E-state index in [-0.39, 0.29) is 42.0 Å². The van der Waals surface area contributed by atoms with Crippen molar-refractivity contribution in [3.05, 3.63) is 75.7 Å². The first-order valence-electron chi connectivity index (χ1n) is 12.1. The van der Waals surface area contributed by atoms with Gasteiger partial charge in [0.25, 0.3) is 5.56 Å². The van der Waals surface area contributed by atoms with Crippen LogP contribution < -0.4 is 5.56 Å². The van der Waals surface area contributed by atoms with E-state index in [4.69, 9.17) is 0 Å². The van der Waals surface area contributed by atoms with Crippen LogP contribution in [0.3, 0.4) is 0 Å². The van der Waals surface area contributed by atoms with Gasteiger partial charge in [-0.25, -0.2) is 0 Å². The molecule has 1 aromatic heterocycles. The number of aliphatic hydroxyl groups is 1. The highest BCUT2D eigenvalue weighted by Gasteiger charge is 2.56. The summed E-state index contributed by atoms with van der Waals surface area (Å²) in [6, 6.07) is 13.9. The van der Waals surface area contributed by atoms with Gasteiger partial charge in [-0.15, -0.1) is 0 Å². The fraction of sp³-hybridized carbons (Fsp3) is 0.481. The van der Waals surface area contributed by atoms with Crippen molar-refractivity contribution < 1.29 is 9.90 Å². The van der Waals surface area contributed by atoms with Crippen molar-refractivity contribution in [3.63, 3.8) is 0 Å². The van der Waals surface area contributed by atoms with E-state index in [2.05, 4.69) is 29.2 Å². The molecule has 1 amide bonds. The first-order valence-corrected chi connectivity index (χ1v) is 12.1. The van der Waals surface area contributed by atoms with E-state index in [1.807, 2.05) is 28.8 Å². The molecule has 174 valence electrons. The molecule has 1 fully saturated rings. The van der Waals surface area contributed by atoms with Crippen molar-refractivity contribution in [2.24, 2.45) is 11.8 Å². The number of benzene rings is 1. The second-order valence-corrected chi connectivity index (χ2v) is 9.84. The van der Waals surface area contributed by atoms with Crippen LogP contribution in [0.25, 0.3) is 5.57 Å². The van der Waals surface area contributed by atoms with Crippen LogP contribution in [0.15, 0.2) is 53.3 Å². The van der Waals surface area contributed by atoms with Crippen LogP contribution in [0, 0.1) is 11.8 Å². The maximum atomic E-state index is 13.6. The van der Waals surface area contributed by atoms with E-state index in [1.165, 1.54) is 12.0 Å². The zero-order valence-electron chi connectivity index (χ0n) is 19.5. The molecule has 1 N–H and O–H groups in total. The molecule has 0 spiro atoms. The van der Waals surface area contributed by atoms with Crippen LogP contribution in [0.2, 0.25) is 0 Å². The number of hydrogen-bond acceptors (Lipinski definition) is 4. The number of nitrogens with zero attached hydrogens (tertiary/aromatic N) is 3. The Bertz CT molecular complexity index is 1120. The molecule has 6 heteroatoms. The molecule has 0 saturated carbocycles. The Morgan fingerprint density at radius 1 is 1.12 bits per heavy atom. The molecule has 6 nitrogen and oxygen atoms in total. The zero-order valence-corrected chi connectivity index (χ0v) is 19.5. The lowest BCUT2D eigenvalue weighted by atomic mass is 9.86. The molecule has 0 radical (unpaired) electrons. The first-order chi connectivity index (χ1) is 16.0. The Labute approximate surface area is 195 Å². The van der Waals surface area contributed by atoms with E-state index in [0.29, 0.717) is 13.1 Å². The number of carbonyl (C=O) groups is 1. The van der Waals surface area contributed by atoms with Gasteiger partial charge in [0.1, 0.15) is 0 Å². The maximum Gasteiger partial charge on any atom is 0.258 e. The molecule has 2 bridgehead atoms. The predicted molar refractivity (Wildman–Crippen MR) is 128 cm³/mol. The highest BCUT2D eigenvalue weighted by atomic mass is 16.3. The molecule has 33 heavy (non-hydrogen) atoms. The van der Waals surface area contributed by atoms with Crippen LogP contribution in [0.5, 0.6) is 0 Å². The van der Waals surface area contributed by atoms with Crippen molar-refractivity contribution in [2.75, 3.05) is 20.7 Å². The van der Waals surface area contributed by atoms with Gasteiger partial charge in [0.15, 0.2) is 0 Å². The van der Waals surface area contributed by atoms with Crippen molar-refractivity contribution in [1.82, 2.24) is 14.4 Å². The van der Waals surface area contributed by atoms with Gasteiger partial charge in [0.2, 0.25) is 5.91 Å². The fourth-order valence-corrected chi connectivity index (χ4v) is 6.14. The number of carbonyl (C=O) groups excluding carboxylic acids is 1. The minimum Gasteiger partial charge on any atom is -0.396 e. The average Bonchev–Trinajstić information content (AvgIpc) is 3.04. The molecule has 1 aliphatic carbocycles. The van der Waals surface area contributed by atoms with Crippen LogP contribution in [-0.4, -0.2) is 52.1 Å². The molecule has 1 aromatic carbocycles. The van der Waals surface area contributed by atoms with Crippen molar-refractivity contribution in [3.8, 4) is 0 Å². The SMILES string of the molecule is CN(C)C(=O)[C@H]1[C@H](CO)[C@H]2Cn3c(ccc(C4=CCCCC4)c3=O)[C@@H]1N2Cc1ccccc1. The summed E-state index contributed by atoms with van der Waals surface area (Å²) in [6.45, 7) is 1.11. The van der Waals surface area contributed by atoms with Gasteiger partial charge in [-0.3, -0.25) is 14.5 Å². The molecule has 3 aliphatic rings. The zero-order chi connectivity index (χ0) is 23.1. The van der Waals surface area contributed by atoms with Crippen molar-refractivity contribution in [2.45, 2.75) is 50.9 Å². The second kappa shape index (κ2) is 8.92. The topological polar surface area (TPSA) is 65.8 Å². The lowest BCUT2D eigenvalue weighted by Crippen LogP contribution is -2.46. The van der Waals surface area contributed by atoms with Gasteiger partial charge in [-0.2, -0.15) is 0 Å². The highest BCUT2D eigenvalue weighted by molar-refractivity contribution is 5.80. The summed E-state index contributed by atoms with van der Waals surface area (Å²) in [4.78, 5) is 31.0.